The van der Waals surface area contributed by atoms with Crippen LogP contribution >= 0.6 is 0 Å². The smallest absolute Gasteiger partial charge is 0.206 e. The Labute approximate surface area is 91.6 Å². The molecule has 2 heterocycles. The molecule has 5 nitrogen and oxygen atoms in total. The Kier molecular flexibility index (Phi) is 2.00. The summed E-state index contributed by atoms with van der Waals surface area (Å²) < 4.78 is 0. The molecule has 0 saturated carbocycles. The Bertz CT molecular complexity index is 569. The van der Waals surface area contributed by atoms with E-state index in [-0.39, 0.29) is 0 Å². The van der Waals surface area contributed by atoms with E-state index in [1.165, 1.54) is 0 Å². The Balaban J connectivity index is 1.95. The maximum absolute atomic E-state index is 4.37. The normalized spacial score (nSPS) is 10.5. The molecule has 78 valence electrons. The molecule has 0 radical (unpaired) electrons. The van der Waals surface area contributed by atoms with Crippen LogP contribution in [0.4, 0.5) is 11.8 Å². The quantitative estimate of drug-likeness (QED) is 0.681. The maximum atomic E-state index is 4.37. The molecule has 0 atom stereocenters. The van der Waals surface area contributed by atoms with Crippen LogP contribution in [0.5, 0.6) is 0 Å². The zero-order valence-corrected chi connectivity index (χ0v) is 8.38. The summed E-state index contributed by atoms with van der Waals surface area (Å²) >= 11 is 0. The van der Waals surface area contributed by atoms with E-state index in [4.69, 9.17) is 0 Å². The van der Waals surface area contributed by atoms with Crippen molar-refractivity contribution in [3.63, 3.8) is 0 Å². The van der Waals surface area contributed by atoms with Crippen LogP contribution < -0.4 is 5.32 Å². The zero-order valence-electron chi connectivity index (χ0n) is 8.38. The van der Waals surface area contributed by atoms with Crippen molar-refractivity contribution in [3.05, 3.63) is 42.9 Å². The summed E-state index contributed by atoms with van der Waals surface area (Å²) in [5.74, 6) is 1.34. The molecule has 2 N–H and O–H groups in total. The van der Waals surface area contributed by atoms with Gasteiger partial charge in [0.25, 0.3) is 0 Å². The van der Waals surface area contributed by atoms with E-state index in [0.29, 0.717) is 11.8 Å². The Hall–Kier alpha value is -2.43. The fourth-order valence-electron chi connectivity index (χ4n) is 1.50. The van der Waals surface area contributed by atoms with E-state index in [1.807, 2.05) is 24.3 Å². The van der Waals surface area contributed by atoms with Crippen molar-refractivity contribution < 1.29 is 0 Å². The largest absolute Gasteiger partial charge is 0.324 e. The number of rotatable bonds is 2. The number of benzene rings is 1. The minimum atomic E-state index is 0.668. The highest BCUT2D eigenvalue weighted by molar-refractivity contribution is 5.77. The molecule has 0 fully saturated rings. The third kappa shape index (κ3) is 1.58. The second-order valence-corrected chi connectivity index (χ2v) is 3.32. The summed E-state index contributed by atoms with van der Waals surface area (Å²) in [6.45, 7) is 0. The van der Waals surface area contributed by atoms with Crippen molar-refractivity contribution in [2.45, 2.75) is 0 Å². The van der Waals surface area contributed by atoms with Crippen LogP contribution in [0.2, 0.25) is 0 Å². The molecule has 16 heavy (non-hydrogen) atoms. The van der Waals surface area contributed by atoms with Gasteiger partial charge in [0.15, 0.2) is 5.82 Å². The Morgan fingerprint density at radius 2 is 2.06 bits per heavy atom. The summed E-state index contributed by atoms with van der Waals surface area (Å²) in [6.07, 6.45) is 4.90. The van der Waals surface area contributed by atoms with E-state index in [2.05, 4.69) is 25.3 Å². The average molecular weight is 211 g/mol. The lowest BCUT2D eigenvalue weighted by atomic mass is 10.3. The van der Waals surface area contributed by atoms with Gasteiger partial charge in [0, 0.05) is 12.4 Å². The van der Waals surface area contributed by atoms with Gasteiger partial charge in [-0.2, -0.15) is 0 Å². The number of aromatic amines is 1. The highest BCUT2D eigenvalue weighted by atomic mass is 15.2. The van der Waals surface area contributed by atoms with Gasteiger partial charge in [-0.25, -0.2) is 9.97 Å². The average Bonchev–Trinajstić information content (AvgIpc) is 2.72. The molecule has 3 rings (SSSR count). The number of nitrogens with one attached hydrogen (secondary N) is 2. The van der Waals surface area contributed by atoms with Gasteiger partial charge in [0.2, 0.25) is 5.95 Å². The van der Waals surface area contributed by atoms with Gasteiger partial charge < -0.3 is 10.3 Å². The third-order valence-electron chi connectivity index (χ3n) is 2.20. The minimum absolute atomic E-state index is 0.668. The molecule has 0 unspecified atom stereocenters. The van der Waals surface area contributed by atoms with E-state index < -0.39 is 0 Å². The number of hydrogen-bond donors (Lipinski definition) is 2. The molecule has 3 aromatic rings. The molecule has 0 amide bonds. The number of hydrogen-bond acceptors (Lipinski definition) is 4. The van der Waals surface area contributed by atoms with Crippen molar-refractivity contribution in [2.75, 3.05) is 5.32 Å². The molecule has 2 aromatic heterocycles. The van der Waals surface area contributed by atoms with Crippen molar-refractivity contribution in [1.82, 2.24) is 19.9 Å². The molecule has 0 bridgehead atoms. The van der Waals surface area contributed by atoms with Gasteiger partial charge in [-0.15, -0.1) is 0 Å². The monoisotopic (exact) mass is 211 g/mol. The number of para-hydroxylation sites is 2. The summed E-state index contributed by atoms with van der Waals surface area (Å²) in [7, 11) is 0. The summed E-state index contributed by atoms with van der Waals surface area (Å²) in [6, 6.07) is 7.85. The highest BCUT2D eigenvalue weighted by Crippen LogP contribution is 2.15. The predicted molar refractivity (Wildman–Crippen MR) is 61.4 cm³/mol. The van der Waals surface area contributed by atoms with Crippen LogP contribution in [0.1, 0.15) is 0 Å². The number of aromatic nitrogens is 4. The van der Waals surface area contributed by atoms with E-state index in [9.17, 15) is 0 Å². The molecule has 0 aliphatic heterocycles. The topological polar surface area (TPSA) is 66.5 Å². The van der Waals surface area contributed by atoms with Gasteiger partial charge in [-0.1, -0.05) is 12.1 Å². The van der Waals surface area contributed by atoms with Crippen molar-refractivity contribution >= 4 is 22.8 Å². The highest BCUT2D eigenvalue weighted by Gasteiger charge is 2.01. The fourth-order valence-corrected chi connectivity index (χ4v) is 1.50. The van der Waals surface area contributed by atoms with Crippen molar-refractivity contribution in [2.24, 2.45) is 0 Å². The number of imidazole rings is 1. The lowest BCUT2D eigenvalue weighted by molar-refractivity contribution is 1.18. The van der Waals surface area contributed by atoms with Gasteiger partial charge in [-0.05, 0) is 12.1 Å². The first kappa shape index (κ1) is 8.84. The Morgan fingerprint density at radius 3 is 2.88 bits per heavy atom. The second kappa shape index (κ2) is 3.62. The van der Waals surface area contributed by atoms with E-state index in [1.54, 1.807) is 18.6 Å². The third-order valence-corrected chi connectivity index (χ3v) is 2.20. The number of anilines is 2. The first-order valence-electron chi connectivity index (χ1n) is 4.89. The maximum Gasteiger partial charge on any atom is 0.206 e. The van der Waals surface area contributed by atoms with Crippen LogP contribution in [-0.2, 0) is 0 Å². The summed E-state index contributed by atoms with van der Waals surface area (Å²) in [4.78, 5) is 15.6. The summed E-state index contributed by atoms with van der Waals surface area (Å²) in [5.41, 5.74) is 1.92. The van der Waals surface area contributed by atoms with Crippen LogP contribution in [0.15, 0.2) is 42.9 Å². The second-order valence-electron chi connectivity index (χ2n) is 3.32. The lowest BCUT2D eigenvalue weighted by Gasteiger charge is -1.98. The fraction of sp³-hybridized carbons (Fsp3) is 0. The van der Waals surface area contributed by atoms with E-state index in [0.717, 1.165) is 11.0 Å². The number of fused-ring (bicyclic) bond motifs is 1. The first-order valence-corrected chi connectivity index (χ1v) is 4.89. The number of H-pyrrole nitrogens is 1. The first-order chi connectivity index (χ1) is 7.92. The minimum Gasteiger partial charge on any atom is -0.324 e. The molecule has 0 spiro atoms. The molecule has 0 saturated heterocycles. The molecular weight excluding hydrogens is 202 g/mol. The van der Waals surface area contributed by atoms with E-state index >= 15 is 0 Å². The number of nitrogens with zero attached hydrogens (tertiary/aromatic N) is 3. The van der Waals surface area contributed by atoms with Gasteiger partial charge in [0.1, 0.15) is 0 Å². The summed E-state index contributed by atoms with van der Waals surface area (Å²) in [5, 5.41) is 3.05. The predicted octanol–water partition coefficient (Wildman–Crippen LogP) is 2.10. The molecule has 1 aromatic carbocycles. The molecule has 0 aliphatic rings. The SMILES string of the molecule is c1ccc2[nH]c(Nc3cnccn3)nc2c1. The Morgan fingerprint density at radius 1 is 1.12 bits per heavy atom. The zero-order chi connectivity index (χ0) is 10.8. The van der Waals surface area contributed by atoms with Gasteiger partial charge in [0.05, 0.1) is 17.2 Å². The lowest BCUT2D eigenvalue weighted by Crippen LogP contribution is -1.94. The van der Waals surface area contributed by atoms with Crippen molar-refractivity contribution in [1.29, 1.82) is 0 Å². The van der Waals surface area contributed by atoms with Crippen LogP contribution in [0, 0.1) is 0 Å². The standard InChI is InChI=1S/C11H9N5/c1-2-4-9-8(3-1)14-11(15-9)16-10-7-12-5-6-13-10/h1-7H,(H2,13,14,15,16). The molecular formula is C11H9N5. The van der Waals surface area contributed by atoms with Crippen LogP contribution in [0.3, 0.4) is 0 Å². The molecule has 0 aliphatic carbocycles. The van der Waals surface area contributed by atoms with Gasteiger partial charge in [-0.3, -0.25) is 4.98 Å². The van der Waals surface area contributed by atoms with Crippen LogP contribution in [0.25, 0.3) is 11.0 Å². The van der Waals surface area contributed by atoms with Crippen molar-refractivity contribution in [3.8, 4) is 0 Å². The molecule has 5 heteroatoms. The van der Waals surface area contributed by atoms with Crippen LogP contribution in [-0.4, -0.2) is 19.9 Å². The van der Waals surface area contributed by atoms with Gasteiger partial charge >= 0.3 is 0 Å².